The first kappa shape index (κ1) is 23.5. The molecule has 0 atom stereocenters. The number of Topliss-reactive ketones (excluding diaryl/α,β-unsaturated/α-hetero) is 1. The van der Waals surface area contributed by atoms with Crippen LogP contribution in [0.3, 0.4) is 0 Å². The summed E-state index contributed by atoms with van der Waals surface area (Å²) in [5.74, 6) is 0.554. The average molecular weight is 477 g/mol. The Labute approximate surface area is 202 Å². The maximum absolute atomic E-state index is 14.4. The highest BCUT2D eigenvalue weighted by molar-refractivity contribution is 7.99. The molecular weight excluding hydrogens is 451 g/mol. The zero-order valence-corrected chi connectivity index (χ0v) is 20.3. The van der Waals surface area contributed by atoms with Crippen molar-refractivity contribution in [3.05, 3.63) is 65.7 Å². The predicted molar refractivity (Wildman–Crippen MR) is 132 cm³/mol. The van der Waals surface area contributed by atoms with Gasteiger partial charge in [-0.2, -0.15) is 5.26 Å². The van der Waals surface area contributed by atoms with E-state index in [2.05, 4.69) is 16.3 Å². The monoisotopic (exact) mass is 476 g/mol. The summed E-state index contributed by atoms with van der Waals surface area (Å²) in [5, 5.41) is 18.8. The molecule has 1 aliphatic rings. The van der Waals surface area contributed by atoms with Gasteiger partial charge in [-0.15, -0.1) is 10.2 Å². The second kappa shape index (κ2) is 9.69. The fourth-order valence-electron chi connectivity index (χ4n) is 4.03. The number of rotatable bonds is 7. The highest BCUT2D eigenvalue weighted by Crippen LogP contribution is 2.40. The molecule has 0 spiro atoms. The second-order valence-electron chi connectivity index (χ2n) is 8.42. The summed E-state index contributed by atoms with van der Waals surface area (Å²) < 4.78 is 16.3. The van der Waals surface area contributed by atoms with E-state index in [1.807, 2.05) is 66.6 Å². The number of halogens is 1. The number of ketones is 1. The Morgan fingerprint density at radius 2 is 1.68 bits per heavy atom. The van der Waals surface area contributed by atoms with Crippen LogP contribution >= 0.6 is 11.8 Å². The predicted octanol–water partition coefficient (Wildman–Crippen LogP) is 4.72. The van der Waals surface area contributed by atoms with Crippen molar-refractivity contribution < 1.29 is 9.18 Å². The molecule has 0 radical (unpaired) electrons. The number of hydrogen-bond donors (Lipinski definition) is 0. The number of nitrogens with zero attached hydrogens (tertiary/aromatic N) is 6. The molecular formula is C25H25FN6OS. The summed E-state index contributed by atoms with van der Waals surface area (Å²) in [6.45, 7) is 4.67. The number of fused-ring (bicyclic) bond motifs is 1. The van der Waals surface area contributed by atoms with Crippen LogP contribution in [0.25, 0.3) is 11.4 Å². The lowest BCUT2D eigenvalue weighted by atomic mass is 10.2. The molecule has 1 aliphatic heterocycles. The number of anilines is 2. The van der Waals surface area contributed by atoms with Crippen LogP contribution in [-0.4, -0.2) is 40.4 Å². The molecule has 4 rings (SSSR count). The molecule has 0 N–H and O–H groups in total. The van der Waals surface area contributed by atoms with Gasteiger partial charge in [-0.05, 0) is 30.2 Å². The second-order valence-corrected chi connectivity index (χ2v) is 9.36. The minimum Gasteiger partial charge on any atom is -0.328 e. The number of aromatic nitrogens is 3. The summed E-state index contributed by atoms with van der Waals surface area (Å²) >= 11 is 1.20. The zero-order valence-electron chi connectivity index (χ0n) is 19.5. The Kier molecular flexibility index (Phi) is 6.70. The number of nitriles is 1. The SMILES string of the molecule is CC(C)Cn1c(SCC(=O)C(C#N)=C2N(C)c3ccccc3N2C)nnc1-c1ccccc1F. The maximum Gasteiger partial charge on any atom is 0.191 e. The van der Waals surface area contributed by atoms with Gasteiger partial charge >= 0.3 is 0 Å². The summed E-state index contributed by atoms with van der Waals surface area (Å²) in [6, 6.07) is 16.3. The lowest BCUT2D eigenvalue weighted by molar-refractivity contribution is -0.112. The van der Waals surface area contributed by atoms with Crippen LogP contribution in [0.1, 0.15) is 13.8 Å². The van der Waals surface area contributed by atoms with Crippen LogP contribution in [0, 0.1) is 23.1 Å². The van der Waals surface area contributed by atoms with Crippen LogP contribution in [0.4, 0.5) is 15.8 Å². The molecule has 174 valence electrons. The molecule has 0 saturated heterocycles. The Bertz CT molecular complexity index is 1280. The van der Waals surface area contributed by atoms with Crippen molar-refractivity contribution in [1.82, 2.24) is 14.8 Å². The molecule has 0 unspecified atom stereocenters. The van der Waals surface area contributed by atoms with Crippen molar-refractivity contribution in [2.75, 3.05) is 29.6 Å². The number of allylic oxidation sites excluding steroid dienone is 1. The van der Waals surface area contributed by atoms with Gasteiger partial charge in [0.05, 0.1) is 22.7 Å². The molecule has 1 aromatic heterocycles. The lowest BCUT2D eigenvalue weighted by Gasteiger charge is -2.19. The van der Waals surface area contributed by atoms with Gasteiger partial charge in [-0.3, -0.25) is 4.79 Å². The number of hydrogen-bond acceptors (Lipinski definition) is 7. The minimum atomic E-state index is -0.379. The quantitative estimate of drug-likeness (QED) is 0.277. The topological polar surface area (TPSA) is 78.0 Å². The van der Waals surface area contributed by atoms with Crippen molar-refractivity contribution in [1.29, 1.82) is 5.26 Å². The van der Waals surface area contributed by atoms with Crippen LogP contribution in [-0.2, 0) is 11.3 Å². The van der Waals surface area contributed by atoms with E-state index in [1.165, 1.54) is 17.8 Å². The van der Waals surface area contributed by atoms with Gasteiger partial charge in [-0.25, -0.2) is 4.39 Å². The molecule has 0 fully saturated rings. The zero-order chi connectivity index (χ0) is 24.4. The minimum absolute atomic E-state index is 0.0118. The van der Waals surface area contributed by atoms with E-state index in [0.29, 0.717) is 28.9 Å². The van der Waals surface area contributed by atoms with Gasteiger partial charge in [0.2, 0.25) is 0 Å². The van der Waals surface area contributed by atoms with Gasteiger partial charge in [0.1, 0.15) is 23.3 Å². The number of carbonyl (C=O) groups excluding carboxylic acids is 1. The van der Waals surface area contributed by atoms with E-state index in [-0.39, 0.29) is 28.8 Å². The molecule has 0 amide bonds. The van der Waals surface area contributed by atoms with Crippen molar-refractivity contribution in [3.8, 4) is 17.5 Å². The van der Waals surface area contributed by atoms with Gasteiger partial charge < -0.3 is 14.4 Å². The van der Waals surface area contributed by atoms with Crippen LogP contribution in [0.2, 0.25) is 0 Å². The van der Waals surface area contributed by atoms with Gasteiger partial charge in [-0.1, -0.05) is 49.9 Å². The molecule has 7 nitrogen and oxygen atoms in total. The molecule has 0 bridgehead atoms. The molecule has 0 aliphatic carbocycles. The van der Waals surface area contributed by atoms with E-state index >= 15 is 0 Å². The lowest BCUT2D eigenvalue weighted by Crippen LogP contribution is -2.26. The fraction of sp³-hybridized carbons (Fsp3) is 0.280. The number of carbonyl (C=O) groups is 1. The summed E-state index contributed by atoms with van der Waals surface area (Å²) in [6.07, 6.45) is 0. The van der Waals surface area contributed by atoms with E-state index in [4.69, 9.17) is 0 Å². The van der Waals surface area contributed by atoms with Gasteiger partial charge in [0, 0.05) is 20.6 Å². The largest absolute Gasteiger partial charge is 0.328 e. The van der Waals surface area contributed by atoms with Crippen LogP contribution < -0.4 is 9.80 Å². The third-order valence-electron chi connectivity index (χ3n) is 5.57. The number of para-hydroxylation sites is 2. The first-order chi connectivity index (χ1) is 16.3. The van der Waals surface area contributed by atoms with Crippen molar-refractivity contribution in [3.63, 3.8) is 0 Å². The van der Waals surface area contributed by atoms with Crippen molar-refractivity contribution in [2.45, 2.75) is 25.5 Å². The van der Waals surface area contributed by atoms with Gasteiger partial charge in [0.15, 0.2) is 16.8 Å². The van der Waals surface area contributed by atoms with Crippen LogP contribution in [0.5, 0.6) is 0 Å². The Morgan fingerprint density at radius 3 is 2.26 bits per heavy atom. The van der Waals surface area contributed by atoms with Crippen molar-refractivity contribution >= 4 is 28.9 Å². The third-order valence-corrected chi connectivity index (χ3v) is 6.53. The average Bonchev–Trinajstić information content (AvgIpc) is 3.32. The maximum atomic E-state index is 14.4. The first-order valence-electron chi connectivity index (χ1n) is 10.9. The van der Waals surface area contributed by atoms with Crippen molar-refractivity contribution in [2.24, 2.45) is 5.92 Å². The Morgan fingerprint density at radius 1 is 1.06 bits per heavy atom. The van der Waals surface area contributed by atoms with E-state index < -0.39 is 0 Å². The molecule has 9 heteroatoms. The summed E-state index contributed by atoms with van der Waals surface area (Å²) in [5.41, 5.74) is 2.30. The highest BCUT2D eigenvalue weighted by Gasteiger charge is 2.31. The van der Waals surface area contributed by atoms with E-state index in [0.717, 1.165) is 11.4 Å². The van der Waals surface area contributed by atoms with E-state index in [1.54, 1.807) is 18.2 Å². The number of benzene rings is 2. The normalized spacial score (nSPS) is 12.8. The van der Waals surface area contributed by atoms with E-state index in [9.17, 15) is 14.4 Å². The Balaban J connectivity index is 1.61. The summed E-state index contributed by atoms with van der Waals surface area (Å²) in [4.78, 5) is 16.9. The molecule has 34 heavy (non-hydrogen) atoms. The third kappa shape index (κ3) is 4.29. The molecule has 3 aromatic rings. The number of thioether (sulfide) groups is 1. The van der Waals surface area contributed by atoms with Gasteiger partial charge in [0.25, 0.3) is 0 Å². The fourth-order valence-corrected chi connectivity index (χ4v) is 4.85. The smallest absolute Gasteiger partial charge is 0.191 e. The molecule has 2 heterocycles. The molecule has 0 saturated carbocycles. The summed E-state index contributed by atoms with van der Waals surface area (Å²) in [7, 11) is 3.69. The standard InChI is InChI=1S/C25H25FN6OS/c1-16(2)14-32-23(17-9-5-6-10-19(17)26)28-29-25(32)34-15-22(33)18(13-27)24-30(3)20-11-7-8-12-21(20)31(24)4/h5-12,16H,14-15H2,1-4H3. The highest BCUT2D eigenvalue weighted by atomic mass is 32.2. The molecule has 2 aromatic carbocycles. The van der Waals surface area contributed by atoms with Crippen LogP contribution in [0.15, 0.2) is 65.1 Å². The first-order valence-corrected chi connectivity index (χ1v) is 11.9. The Hall–Kier alpha value is -3.64.